The number of pyridine rings is 1. The predicted molar refractivity (Wildman–Crippen MR) is 141 cm³/mol. The van der Waals surface area contributed by atoms with E-state index >= 15 is 0 Å². The van der Waals surface area contributed by atoms with Crippen LogP contribution in [0.1, 0.15) is 52.9 Å². The van der Waals surface area contributed by atoms with Crippen LogP contribution in [0.15, 0.2) is 72.9 Å². The second-order valence-electron chi connectivity index (χ2n) is 10.6. The molecule has 5 nitrogen and oxygen atoms in total. The van der Waals surface area contributed by atoms with E-state index in [1.165, 1.54) is 16.7 Å². The molecule has 1 saturated carbocycles. The monoisotopic (exact) mass is 481 g/mol. The van der Waals surface area contributed by atoms with Crippen molar-refractivity contribution in [3.63, 3.8) is 0 Å². The molecule has 186 valence electrons. The third-order valence-electron chi connectivity index (χ3n) is 8.04. The lowest BCUT2D eigenvalue weighted by Gasteiger charge is -2.42. The normalized spacial score (nSPS) is 18.9. The van der Waals surface area contributed by atoms with Gasteiger partial charge >= 0.3 is 0 Å². The Morgan fingerprint density at radius 2 is 1.78 bits per heavy atom. The summed E-state index contributed by atoms with van der Waals surface area (Å²) in [5.74, 6) is 1.64. The minimum Gasteiger partial charge on any atom is -0.493 e. The molecule has 5 heteroatoms. The summed E-state index contributed by atoms with van der Waals surface area (Å²) in [4.78, 5) is 23.0. The number of carbonyl (C=O) groups is 1. The Morgan fingerprint density at radius 3 is 2.53 bits per heavy atom. The Morgan fingerprint density at radius 1 is 0.972 bits per heavy atom. The van der Waals surface area contributed by atoms with Crippen LogP contribution >= 0.6 is 0 Å². The second kappa shape index (κ2) is 10.4. The van der Waals surface area contributed by atoms with E-state index in [0.29, 0.717) is 17.7 Å². The van der Waals surface area contributed by atoms with E-state index in [1.807, 2.05) is 18.2 Å². The van der Waals surface area contributed by atoms with Gasteiger partial charge in [0.2, 0.25) is 0 Å². The summed E-state index contributed by atoms with van der Waals surface area (Å²) in [6.07, 6.45) is 8.09. The summed E-state index contributed by atoms with van der Waals surface area (Å²) in [5.41, 5.74) is 4.60. The van der Waals surface area contributed by atoms with Gasteiger partial charge in [-0.15, -0.1) is 0 Å². The molecular formula is C31H35N3O2. The van der Waals surface area contributed by atoms with Crippen LogP contribution in [0.25, 0.3) is 0 Å². The Balaban J connectivity index is 1.18. The van der Waals surface area contributed by atoms with Crippen LogP contribution in [0.2, 0.25) is 0 Å². The molecule has 0 radical (unpaired) electrons. The first-order valence-electron chi connectivity index (χ1n) is 13.5. The first kappa shape index (κ1) is 23.2. The molecule has 1 amide bonds. The van der Waals surface area contributed by atoms with Gasteiger partial charge < -0.3 is 9.64 Å². The van der Waals surface area contributed by atoms with Gasteiger partial charge in [0.15, 0.2) is 0 Å². The number of aromatic nitrogens is 1. The van der Waals surface area contributed by atoms with E-state index < -0.39 is 0 Å². The van der Waals surface area contributed by atoms with Crippen molar-refractivity contribution in [2.45, 2.75) is 57.2 Å². The van der Waals surface area contributed by atoms with Gasteiger partial charge in [0.25, 0.3) is 5.91 Å². The van der Waals surface area contributed by atoms with Crippen molar-refractivity contribution in [3.05, 3.63) is 95.3 Å². The summed E-state index contributed by atoms with van der Waals surface area (Å²) in [6.45, 7) is 3.93. The van der Waals surface area contributed by atoms with Gasteiger partial charge in [-0.2, -0.15) is 0 Å². The Bertz CT molecular complexity index is 1170. The standard InChI is InChI=1S/C31H35N3O2/c35-31(28-8-4-5-16-32-28)34(27-10-11-27)29(21-23-6-2-1-3-7-23)25-13-17-33(18-14-25)22-24-9-12-30-26(20-24)15-19-36-30/h1-9,12,16,20,25,27,29H,10-11,13-15,17-19,21-22H2. The Kier molecular flexibility index (Phi) is 6.73. The number of carbonyl (C=O) groups excluding carboxylic acids is 1. The molecule has 0 N–H and O–H groups in total. The number of hydrogen-bond donors (Lipinski definition) is 0. The van der Waals surface area contributed by atoms with Gasteiger partial charge in [0.05, 0.1) is 6.61 Å². The van der Waals surface area contributed by atoms with Crippen LogP contribution in [0.3, 0.4) is 0 Å². The SMILES string of the molecule is O=C(c1ccccn1)N(C1CC1)C(Cc1ccccc1)C1CCN(Cc2ccc3c(c2)CCO3)CC1. The number of hydrogen-bond acceptors (Lipinski definition) is 4. The van der Waals surface area contributed by atoms with Gasteiger partial charge in [-0.3, -0.25) is 14.7 Å². The molecular weight excluding hydrogens is 446 g/mol. The minimum atomic E-state index is 0.0989. The molecule has 1 aliphatic carbocycles. The number of rotatable bonds is 8. The van der Waals surface area contributed by atoms with Gasteiger partial charge in [-0.25, -0.2) is 0 Å². The lowest BCUT2D eigenvalue weighted by Crippen LogP contribution is -2.50. The average Bonchev–Trinajstić information content (AvgIpc) is 3.65. The highest BCUT2D eigenvalue weighted by atomic mass is 16.5. The van der Waals surface area contributed by atoms with Crippen molar-refractivity contribution >= 4 is 5.91 Å². The maximum atomic E-state index is 13.7. The topological polar surface area (TPSA) is 45.7 Å². The summed E-state index contributed by atoms with van der Waals surface area (Å²) >= 11 is 0. The molecule has 3 aliphatic rings. The molecule has 1 saturated heterocycles. The van der Waals surface area contributed by atoms with Crippen molar-refractivity contribution in [1.82, 2.24) is 14.8 Å². The van der Waals surface area contributed by atoms with E-state index in [1.54, 1.807) is 6.20 Å². The first-order valence-corrected chi connectivity index (χ1v) is 13.5. The van der Waals surface area contributed by atoms with Gasteiger partial charge in [0.1, 0.15) is 11.4 Å². The molecule has 0 spiro atoms. The van der Waals surface area contributed by atoms with Crippen LogP contribution in [0.5, 0.6) is 5.75 Å². The van der Waals surface area contributed by atoms with Crippen molar-refractivity contribution in [2.75, 3.05) is 19.7 Å². The maximum absolute atomic E-state index is 13.7. The minimum absolute atomic E-state index is 0.0989. The largest absolute Gasteiger partial charge is 0.493 e. The number of piperidine rings is 1. The number of likely N-dealkylation sites (tertiary alicyclic amines) is 1. The van der Waals surface area contributed by atoms with Crippen LogP contribution in [-0.2, 0) is 19.4 Å². The zero-order valence-corrected chi connectivity index (χ0v) is 20.9. The zero-order valence-electron chi connectivity index (χ0n) is 20.9. The van der Waals surface area contributed by atoms with Crippen LogP contribution < -0.4 is 4.74 Å². The number of ether oxygens (including phenoxy) is 1. The third kappa shape index (κ3) is 5.17. The smallest absolute Gasteiger partial charge is 0.272 e. The summed E-state index contributed by atoms with van der Waals surface area (Å²) < 4.78 is 5.68. The van der Waals surface area contributed by atoms with Crippen molar-refractivity contribution in [3.8, 4) is 5.75 Å². The molecule has 36 heavy (non-hydrogen) atoms. The second-order valence-corrected chi connectivity index (χ2v) is 10.6. The number of fused-ring (bicyclic) bond motifs is 1. The summed E-state index contributed by atoms with van der Waals surface area (Å²) in [6, 6.07) is 23.6. The summed E-state index contributed by atoms with van der Waals surface area (Å²) in [7, 11) is 0. The van der Waals surface area contributed by atoms with Crippen LogP contribution in [0, 0.1) is 5.92 Å². The summed E-state index contributed by atoms with van der Waals surface area (Å²) in [5, 5.41) is 0. The van der Waals surface area contributed by atoms with Crippen molar-refractivity contribution in [2.24, 2.45) is 5.92 Å². The van der Waals surface area contributed by atoms with E-state index in [4.69, 9.17) is 4.74 Å². The number of amides is 1. The average molecular weight is 482 g/mol. The number of benzene rings is 2. The number of nitrogens with zero attached hydrogens (tertiary/aromatic N) is 3. The molecule has 2 aromatic carbocycles. The molecule has 1 unspecified atom stereocenters. The lowest BCUT2D eigenvalue weighted by atomic mass is 9.84. The zero-order chi connectivity index (χ0) is 24.3. The van der Waals surface area contributed by atoms with E-state index in [0.717, 1.165) is 70.5 Å². The highest BCUT2D eigenvalue weighted by molar-refractivity contribution is 5.93. The van der Waals surface area contributed by atoms with Gasteiger partial charge in [-0.1, -0.05) is 48.5 Å². The molecule has 6 rings (SSSR count). The highest BCUT2D eigenvalue weighted by Gasteiger charge is 2.42. The molecule has 2 fully saturated rings. The molecule has 1 aromatic heterocycles. The molecule has 0 bridgehead atoms. The lowest BCUT2D eigenvalue weighted by molar-refractivity contribution is 0.0477. The van der Waals surface area contributed by atoms with E-state index in [2.05, 4.69) is 63.3 Å². The fourth-order valence-corrected chi connectivity index (χ4v) is 6.00. The molecule has 3 aromatic rings. The van der Waals surface area contributed by atoms with Gasteiger partial charge in [0, 0.05) is 31.2 Å². The highest BCUT2D eigenvalue weighted by Crippen LogP contribution is 2.36. The molecule has 1 atom stereocenters. The molecule has 2 aliphatic heterocycles. The van der Waals surface area contributed by atoms with Gasteiger partial charge in [-0.05, 0) is 86.0 Å². The Labute approximate surface area is 214 Å². The third-order valence-corrected chi connectivity index (χ3v) is 8.04. The fourth-order valence-electron chi connectivity index (χ4n) is 6.00. The first-order chi connectivity index (χ1) is 17.7. The van der Waals surface area contributed by atoms with Crippen LogP contribution in [-0.4, -0.2) is 52.5 Å². The van der Waals surface area contributed by atoms with E-state index in [-0.39, 0.29) is 11.9 Å². The predicted octanol–water partition coefficient (Wildman–Crippen LogP) is 5.14. The Hall–Kier alpha value is -3.18. The fraction of sp³-hybridized carbons (Fsp3) is 0.419. The van der Waals surface area contributed by atoms with Crippen LogP contribution in [0.4, 0.5) is 0 Å². The quantitative estimate of drug-likeness (QED) is 0.447. The maximum Gasteiger partial charge on any atom is 0.272 e. The molecule has 3 heterocycles. The van der Waals surface area contributed by atoms with Crippen molar-refractivity contribution < 1.29 is 9.53 Å². The van der Waals surface area contributed by atoms with Crippen molar-refractivity contribution in [1.29, 1.82) is 0 Å². The van der Waals surface area contributed by atoms with E-state index in [9.17, 15) is 4.79 Å².